The van der Waals surface area contributed by atoms with Crippen molar-refractivity contribution in [3.63, 3.8) is 0 Å². The van der Waals surface area contributed by atoms with Crippen molar-refractivity contribution in [2.45, 2.75) is 19.8 Å². The van der Waals surface area contributed by atoms with Crippen molar-refractivity contribution in [3.8, 4) is 11.3 Å². The average molecular weight is 287 g/mol. The maximum Gasteiger partial charge on any atom is 0.216 e. The van der Waals surface area contributed by atoms with Gasteiger partial charge in [0.25, 0.3) is 0 Å². The molecule has 0 unspecified atom stereocenters. The van der Waals surface area contributed by atoms with Crippen LogP contribution in [0.5, 0.6) is 0 Å². The number of aromatic nitrogens is 1. The maximum atomic E-state index is 5.72. The van der Waals surface area contributed by atoms with E-state index in [9.17, 15) is 0 Å². The zero-order chi connectivity index (χ0) is 12.3. The molecule has 0 aliphatic carbocycles. The number of nitrogens with zero attached hydrogens (tertiary/aromatic N) is 2. The van der Waals surface area contributed by atoms with E-state index in [4.69, 9.17) is 23.6 Å². The number of aryl methyl sites for hydroxylation is 1. The average Bonchev–Trinajstić information content (AvgIpc) is 2.75. The molecule has 0 N–H and O–H groups in total. The van der Waals surface area contributed by atoms with E-state index in [2.05, 4.69) is 11.9 Å². The Balaban J connectivity index is 2.44. The number of thiazole rings is 1. The van der Waals surface area contributed by atoms with Gasteiger partial charge in [-0.3, -0.25) is 0 Å². The van der Waals surface area contributed by atoms with Crippen LogP contribution in [-0.4, -0.2) is 4.98 Å². The molecule has 0 radical (unpaired) electrons. The summed E-state index contributed by atoms with van der Waals surface area (Å²) in [7, 11) is 0. The molecule has 0 aliphatic rings. The van der Waals surface area contributed by atoms with E-state index in [-0.39, 0.29) is 0 Å². The van der Waals surface area contributed by atoms with Crippen LogP contribution in [-0.2, 0) is 6.42 Å². The Hall–Kier alpha value is -0.770. The Morgan fingerprint density at radius 3 is 2.53 bits per heavy atom. The fourth-order valence-corrected chi connectivity index (χ4v) is 2.90. The number of rotatable bonds is 4. The Morgan fingerprint density at radius 1 is 1.24 bits per heavy atom. The fraction of sp³-hybridized carbons (Fsp3) is 0.250. The van der Waals surface area contributed by atoms with Gasteiger partial charge in [0.1, 0.15) is 0 Å². The van der Waals surface area contributed by atoms with E-state index in [1.807, 2.05) is 30.3 Å². The van der Waals surface area contributed by atoms with Gasteiger partial charge in [-0.15, -0.1) is 0 Å². The van der Waals surface area contributed by atoms with E-state index in [1.54, 1.807) is 0 Å². The van der Waals surface area contributed by atoms with Crippen LogP contribution >= 0.6 is 34.9 Å². The summed E-state index contributed by atoms with van der Waals surface area (Å²) in [6.07, 6.45) is 2.07. The van der Waals surface area contributed by atoms with Crippen LogP contribution in [0.3, 0.4) is 0 Å². The van der Waals surface area contributed by atoms with E-state index in [1.165, 1.54) is 16.2 Å². The van der Waals surface area contributed by atoms with Gasteiger partial charge >= 0.3 is 0 Å². The highest BCUT2D eigenvalue weighted by Gasteiger charge is 2.14. The number of benzene rings is 1. The molecular weight excluding hydrogens is 275 g/mol. The van der Waals surface area contributed by atoms with E-state index in [0.29, 0.717) is 5.13 Å². The summed E-state index contributed by atoms with van der Waals surface area (Å²) in [5.41, 5.74) is 2.09. The topological polar surface area (TPSA) is 16.1 Å². The molecule has 0 spiro atoms. The smallest absolute Gasteiger partial charge is 0.216 e. The minimum absolute atomic E-state index is 0.621. The maximum absolute atomic E-state index is 5.72. The van der Waals surface area contributed by atoms with Crippen LogP contribution in [0.15, 0.2) is 30.3 Å². The highest BCUT2D eigenvalue weighted by molar-refractivity contribution is 7.16. The Labute approximate surface area is 115 Å². The van der Waals surface area contributed by atoms with Gasteiger partial charge in [-0.2, -0.15) is 3.94 Å². The van der Waals surface area contributed by atoms with Crippen LogP contribution in [0, 0.1) is 0 Å². The summed E-state index contributed by atoms with van der Waals surface area (Å²) in [6, 6.07) is 10.1. The second kappa shape index (κ2) is 5.71. The quantitative estimate of drug-likeness (QED) is 0.745. The van der Waals surface area contributed by atoms with E-state index in [0.717, 1.165) is 28.0 Å². The second-order valence-corrected chi connectivity index (χ2v) is 5.53. The lowest BCUT2D eigenvalue weighted by Gasteiger charge is -2.00. The van der Waals surface area contributed by atoms with Crippen molar-refractivity contribution in [3.05, 3.63) is 35.2 Å². The summed E-state index contributed by atoms with van der Waals surface area (Å²) in [6.45, 7) is 2.15. The molecule has 2 aromatic rings. The van der Waals surface area contributed by atoms with Crippen molar-refractivity contribution in [2.24, 2.45) is 0 Å². The largest absolute Gasteiger partial charge is 0.218 e. The van der Waals surface area contributed by atoms with Crippen LogP contribution in [0.1, 0.15) is 18.2 Å². The number of halogens is 2. The van der Waals surface area contributed by atoms with Gasteiger partial charge in [-0.05, 0) is 6.42 Å². The van der Waals surface area contributed by atoms with Gasteiger partial charge in [0.05, 0.1) is 5.69 Å². The van der Waals surface area contributed by atoms with Crippen molar-refractivity contribution in [1.29, 1.82) is 0 Å². The zero-order valence-electron chi connectivity index (χ0n) is 9.36. The highest BCUT2D eigenvalue weighted by atomic mass is 35.5. The summed E-state index contributed by atoms with van der Waals surface area (Å²) in [5, 5.41) is 0.621. The molecule has 1 aromatic heterocycles. The molecule has 90 valence electrons. The highest BCUT2D eigenvalue weighted by Crippen LogP contribution is 2.35. The lowest BCUT2D eigenvalue weighted by atomic mass is 10.1. The van der Waals surface area contributed by atoms with Crippen molar-refractivity contribution in [2.75, 3.05) is 3.94 Å². The Morgan fingerprint density at radius 2 is 1.94 bits per heavy atom. The molecule has 2 nitrogen and oxygen atoms in total. The van der Waals surface area contributed by atoms with Crippen LogP contribution < -0.4 is 3.94 Å². The normalized spacial score (nSPS) is 10.5. The predicted octanol–water partition coefficient (Wildman–Crippen LogP) is 4.88. The number of anilines is 1. The van der Waals surface area contributed by atoms with E-state index >= 15 is 0 Å². The monoisotopic (exact) mass is 286 g/mol. The summed E-state index contributed by atoms with van der Waals surface area (Å²) >= 11 is 13.0. The molecule has 17 heavy (non-hydrogen) atoms. The van der Waals surface area contributed by atoms with Crippen LogP contribution in [0.2, 0.25) is 0 Å². The SMILES string of the molecule is CCCc1sc(N(Cl)Cl)nc1-c1ccccc1. The second-order valence-electron chi connectivity index (χ2n) is 3.62. The minimum atomic E-state index is 0.621. The first-order valence-corrected chi connectivity index (χ1v) is 6.88. The molecule has 5 heteroatoms. The fourth-order valence-electron chi connectivity index (χ4n) is 1.63. The predicted molar refractivity (Wildman–Crippen MR) is 75.7 cm³/mol. The summed E-state index contributed by atoms with van der Waals surface area (Å²) in [4.78, 5) is 5.70. The first-order valence-electron chi connectivity index (χ1n) is 5.39. The zero-order valence-corrected chi connectivity index (χ0v) is 11.7. The summed E-state index contributed by atoms with van der Waals surface area (Å²) in [5.74, 6) is 0. The molecule has 1 heterocycles. The first kappa shape index (κ1) is 12.7. The van der Waals surface area contributed by atoms with Gasteiger partial charge in [0.2, 0.25) is 5.13 Å². The number of hydrogen-bond donors (Lipinski definition) is 0. The molecule has 0 saturated heterocycles. The molecule has 0 atom stereocenters. The molecule has 0 amide bonds. The molecule has 2 rings (SSSR count). The van der Waals surface area contributed by atoms with Gasteiger partial charge in [-0.25, -0.2) is 4.98 Å². The van der Waals surface area contributed by atoms with Crippen molar-refractivity contribution < 1.29 is 0 Å². The standard InChI is InChI=1S/C12H12Cl2N2S/c1-2-6-10-11(9-7-4-3-5-8-9)15-12(17-10)16(13)14/h3-5,7-8H,2,6H2,1H3. The van der Waals surface area contributed by atoms with Gasteiger partial charge in [0.15, 0.2) is 0 Å². The molecule has 0 aliphatic heterocycles. The molecule has 0 bridgehead atoms. The lowest BCUT2D eigenvalue weighted by molar-refractivity contribution is 0.938. The third-order valence-corrected chi connectivity index (χ3v) is 3.98. The third kappa shape index (κ3) is 2.92. The summed E-state index contributed by atoms with van der Waals surface area (Å²) < 4.78 is 1.02. The van der Waals surface area contributed by atoms with E-state index < -0.39 is 0 Å². The van der Waals surface area contributed by atoms with Crippen molar-refractivity contribution in [1.82, 2.24) is 4.98 Å². The molecular formula is C12H12Cl2N2S. The number of hydrogen-bond acceptors (Lipinski definition) is 3. The van der Waals surface area contributed by atoms with Gasteiger partial charge in [0, 0.05) is 34.0 Å². The first-order chi connectivity index (χ1) is 8.22. The van der Waals surface area contributed by atoms with Gasteiger partial charge < -0.3 is 0 Å². The van der Waals surface area contributed by atoms with Gasteiger partial charge in [-0.1, -0.05) is 55.0 Å². The minimum Gasteiger partial charge on any atom is -0.218 e. The Bertz CT molecular complexity index is 483. The van der Waals surface area contributed by atoms with Crippen molar-refractivity contribution >= 4 is 40.0 Å². The lowest BCUT2D eigenvalue weighted by Crippen LogP contribution is -1.90. The third-order valence-electron chi connectivity index (χ3n) is 2.35. The molecule has 1 aromatic carbocycles. The van der Waals surface area contributed by atoms with Crippen LogP contribution in [0.4, 0.5) is 5.13 Å². The molecule has 0 fully saturated rings. The Kier molecular flexibility index (Phi) is 4.26. The molecule has 0 saturated carbocycles. The van der Waals surface area contributed by atoms with Crippen LogP contribution in [0.25, 0.3) is 11.3 Å².